The van der Waals surface area contributed by atoms with E-state index in [2.05, 4.69) is 5.09 Å². The van der Waals surface area contributed by atoms with E-state index in [1.807, 2.05) is 71.0 Å². The summed E-state index contributed by atoms with van der Waals surface area (Å²) in [5.74, 6) is 0.0974. The Bertz CT molecular complexity index is 836. The molecule has 2 rings (SSSR count). The lowest BCUT2D eigenvalue weighted by Gasteiger charge is -2.27. The van der Waals surface area contributed by atoms with Crippen LogP contribution in [0.5, 0.6) is 5.75 Å². The predicted octanol–water partition coefficient (Wildman–Crippen LogP) is 5.39. The van der Waals surface area contributed by atoms with Crippen molar-refractivity contribution in [2.45, 2.75) is 53.2 Å². The van der Waals surface area contributed by atoms with Crippen LogP contribution in [0, 0.1) is 5.41 Å². The first kappa shape index (κ1) is 21.5. The van der Waals surface area contributed by atoms with Gasteiger partial charge in [-0.3, -0.25) is 9.36 Å². The lowest BCUT2D eigenvalue weighted by Crippen LogP contribution is -2.37. The topological polar surface area (TPSA) is 64.6 Å². The van der Waals surface area contributed by atoms with Gasteiger partial charge in [0.2, 0.25) is 0 Å². The number of esters is 1. The first-order chi connectivity index (χ1) is 12.5. The minimum absolute atomic E-state index is 0.128. The lowest BCUT2D eigenvalue weighted by atomic mass is 9.99. The van der Waals surface area contributed by atoms with Crippen LogP contribution >= 0.6 is 7.52 Å². The summed E-state index contributed by atoms with van der Waals surface area (Å²) in [6.45, 7) is 11.5. The van der Waals surface area contributed by atoms with E-state index in [0.717, 1.165) is 10.8 Å². The van der Waals surface area contributed by atoms with Crippen LogP contribution in [0.2, 0.25) is 0 Å². The summed E-state index contributed by atoms with van der Waals surface area (Å²) in [5.41, 5.74) is -0.439. The third-order valence-corrected chi connectivity index (χ3v) is 6.61. The van der Waals surface area contributed by atoms with Gasteiger partial charge >= 0.3 is 13.5 Å². The van der Waals surface area contributed by atoms with E-state index in [9.17, 15) is 9.36 Å². The summed E-state index contributed by atoms with van der Waals surface area (Å²) < 4.78 is 24.8. The van der Waals surface area contributed by atoms with Gasteiger partial charge < -0.3 is 9.26 Å². The zero-order valence-corrected chi connectivity index (χ0v) is 17.9. The molecular formula is C21H30NO4P. The Morgan fingerprint density at radius 1 is 1.07 bits per heavy atom. The first-order valence-electron chi connectivity index (χ1n) is 9.23. The van der Waals surface area contributed by atoms with E-state index < -0.39 is 19.5 Å². The highest BCUT2D eigenvalue weighted by molar-refractivity contribution is 7.58. The van der Waals surface area contributed by atoms with E-state index in [4.69, 9.17) is 9.26 Å². The van der Waals surface area contributed by atoms with Crippen molar-refractivity contribution in [3.8, 4) is 5.75 Å². The summed E-state index contributed by atoms with van der Waals surface area (Å²) in [4.78, 5) is 12.3. The number of hydrogen-bond donors (Lipinski definition) is 1. The van der Waals surface area contributed by atoms with Gasteiger partial charge in [-0.1, -0.05) is 71.0 Å². The van der Waals surface area contributed by atoms with Crippen LogP contribution in [0.4, 0.5) is 0 Å². The number of fused-ring (bicyclic) bond motifs is 1. The number of ether oxygens (including phenoxy) is 1. The number of carbonyl (C=O) groups excluding carboxylic acids is 1. The fraction of sp³-hybridized carbons (Fsp3) is 0.476. The second-order valence-electron chi connectivity index (χ2n) is 8.28. The minimum Gasteiger partial charge on any atom is -0.464 e. The average molecular weight is 391 g/mol. The molecule has 148 valence electrons. The standard InChI is InChI=1S/C21H30NO4P/c1-15(2)27(24,22-16(3)20(23)25-14-21(4,5)6)26-19-13-9-11-17-10-7-8-12-18(17)19/h7-13,15-16H,14H2,1-6H3,(H,22,24)/t16-,27?/m0/s1. The quantitative estimate of drug-likeness (QED) is 0.507. The van der Waals surface area contributed by atoms with E-state index in [1.165, 1.54) is 0 Å². The zero-order valence-electron chi connectivity index (χ0n) is 17.0. The number of carbonyl (C=O) groups is 1. The molecule has 0 saturated heterocycles. The first-order valence-corrected chi connectivity index (χ1v) is 10.9. The smallest absolute Gasteiger partial charge is 0.323 e. The molecule has 0 aliphatic rings. The molecule has 0 fully saturated rings. The van der Waals surface area contributed by atoms with Gasteiger partial charge in [0.05, 0.1) is 12.3 Å². The molecule has 2 atom stereocenters. The maximum absolute atomic E-state index is 13.5. The van der Waals surface area contributed by atoms with E-state index in [1.54, 1.807) is 13.0 Å². The van der Waals surface area contributed by atoms with Gasteiger partial charge in [-0.25, -0.2) is 5.09 Å². The number of rotatable bonds is 7. The molecule has 6 heteroatoms. The molecule has 0 aliphatic heterocycles. The van der Waals surface area contributed by atoms with Crippen LogP contribution < -0.4 is 9.61 Å². The Kier molecular flexibility index (Phi) is 6.72. The van der Waals surface area contributed by atoms with Crippen molar-refractivity contribution in [3.63, 3.8) is 0 Å². The maximum Gasteiger partial charge on any atom is 0.323 e. The number of nitrogens with one attached hydrogen (secondary N) is 1. The van der Waals surface area contributed by atoms with Gasteiger partial charge in [0.15, 0.2) is 0 Å². The molecule has 1 unspecified atom stereocenters. The summed E-state index contributed by atoms with van der Waals surface area (Å²) in [6.07, 6.45) is 0. The molecule has 1 N–H and O–H groups in total. The molecule has 27 heavy (non-hydrogen) atoms. The summed E-state index contributed by atoms with van der Waals surface area (Å²) in [7, 11) is -3.34. The van der Waals surface area contributed by atoms with Gasteiger partial charge in [-0.15, -0.1) is 0 Å². The third kappa shape index (κ3) is 5.82. The van der Waals surface area contributed by atoms with E-state index in [0.29, 0.717) is 12.4 Å². The Morgan fingerprint density at radius 2 is 1.70 bits per heavy atom. The fourth-order valence-electron chi connectivity index (χ4n) is 2.44. The molecule has 0 radical (unpaired) electrons. The molecular weight excluding hydrogens is 361 g/mol. The van der Waals surface area contributed by atoms with Crippen LogP contribution in [0.1, 0.15) is 41.5 Å². The molecule has 0 amide bonds. The molecule has 0 saturated carbocycles. The predicted molar refractivity (Wildman–Crippen MR) is 110 cm³/mol. The lowest BCUT2D eigenvalue weighted by molar-refractivity contribution is -0.148. The van der Waals surface area contributed by atoms with Crippen molar-refractivity contribution in [2.75, 3.05) is 6.61 Å². The Balaban J connectivity index is 2.19. The van der Waals surface area contributed by atoms with Crippen molar-refractivity contribution in [1.29, 1.82) is 0 Å². The number of hydrogen-bond acceptors (Lipinski definition) is 4. The average Bonchev–Trinajstić information content (AvgIpc) is 2.59. The molecule has 0 spiro atoms. The Hall–Kier alpha value is -1.84. The highest BCUT2D eigenvalue weighted by Gasteiger charge is 2.34. The van der Waals surface area contributed by atoms with Crippen molar-refractivity contribution in [3.05, 3.63) is 42.5 Å². The maximum atomic E-state index is 13.5. The molecule has 0 aliphatic carbocycles. The van der Waals surface area contributed by atoms with Gasteiger partial charge in [-0.2, -0.15) is 0 Å². The van der Waals surface area contributed by atoms with Gasteiger partial charge in [-0.05, 0) is 23.8 Å². The SMILES string of the molecule is CC(C)P(=O)(N[C@@H](C)C(=O)OCC(C)(C)C)Oc1cccc2ccccc12. The Morgan fingerprint density at radius 3 is 2.33 bits per heavy atom. The summed E-state index contributed by atoms with van der Waals surface area (Å²) in [6, 6.07) is 12.6. The van der Waals surface area contributed by atoms with Crippen LogP contribution in [0.15, 0.2) is 42.5 Å². The van der Waals surface area contributed by atoms with Crippen LogP contribution in [-0.2, 0) is 14.1 Å². The Labute approximate surface area is 161 Å². The van der Waals surface area contributed by atoms with Crippen molar-refractivity contribution in [1.82, 2.24) is 5.09 Å². The van der Waals surface area contributed by atoms with Gasteiger partial charge in [0.1, 0.15) is 11.8 Å². The van der Waals surface area contributed by atoms with Crippen molar-refractivity contribution >= 4 is 24.3 Å². The van der Waals surface area contributed by atoms with Crippen molar-refractivity contribution < 1.29 is 18.6 Å². The molecule has 0 aromatic heterocycles. The molecule has 5 nitrogen and oxygen atoms in total. The van der Waals surface area contributed by atoms with Gasteiger partial charge in [0, 0.05) is 5.39 Å². The molecule has 0 bridgehead atoms. The van der Waals surface area contributed by atoms with Crippen LogP contribution in [-0.4, -0.2) is 24.3 Å². The van der Waals surface area contributed by atoms with E-state index in [-0.39, 0.29) is 11.1 Å². The van der Waals surface area contributed by atoms with E-state index >= 15 is 0 Å². The van der Waals surface area contributed by atoms with Crippen LogP contribution in [0.25, 0.3) is 10.8 Å². The number of benzene rings is 2. The molecule has 0 heterocycles. The highest BCUT2D eigenvalue weighted by Crippen LogP contribution is 2.49. The summed E-state index contributed by atoms with van der Waals surface area (Å²) >= 11 is 0. The monoisotopic (exact) mass is 391 g/mol. The molecule has 2 aromatic carbocycles. The van der Waals surface area contributed by atoms with Crippen LogP contribution in [0.3, 0.4) is 0 Å². The normalized spacial score (nSPS) is 15.4. The zero-order chi connectivity index (χ0) is 20.2. The largest absolute Gasteiger partial charge is 0.464 e. The van der Waals surface area contributed by atoms with Gasteiger partial charge in [0.25, 0.3) is 0 Å². The van der Waals surface area contributed by atoms with Crippen molar-refractivity contribution in [2.24, 2.45) is 5.41 Å². The second-order valence-corrected chi connectivity index (χ2v) is 10.9. The molecule has 2 aromatic rings. The highest BCUT2D eigenvalue weighted by atomic mass is 31.2. The second kappa shape index (κ2) is 8.45. The minimum atomic E-state index is -3.34. The fourth-order valence-corrected chi connectivity index (χ4v) is 4.10. The summed E-state index contributed by atoms with van der Waals surface area (Å²) in [5, 5.41) is 4.78. The third-order valence-electron chi connectivity index (χ3n) is 4.04.